The van der Waals surface area contributed by atoms with Gasteiger partial charge < -0.3 is 14.6 Å². The van der Waals surface area contributed by atoms with Crippen LogP contribution in [0, 0.1) is 0 Å². The highest BCUT2D eigenvalue weighted by atomic mass is 16.6. The van der Waals surface area contributed by atoms with Crippen molar-refractivity contribution in [3.8, 4) is 33.8 Å². The van der Waals surface area contributed by atoms with Crippen LogP contribution in [0.15, 0.2) is 98.1 Å². The molecule has 4 heteroatoms. The van der Waals surface area contributed by atoms with Crippen molar-refractivity contribution in [3.05, 3.63) is 98.1 Å². The molecule has 0 amide bonds. The zero-order chi connectivity index (χ0) is 19.9. The summed E-state index contributed by atoms with van der Waals surface area (Å²) in [5.74, 6) is 0.576. The van der Waals surface area contributed by atoms with Gasteiger partial charge in [0.1, 0.15) is 11.5 Å². The maximum Gasteiger partial charge on any atom is 0.335 e. The van der Waals surface area contributed by atoms with Gasteiger partial charge in [-0.3, -0.25) is 0 Å². The molecular formula is C24H20O4. The van der Waals surface area contributed by atoms with Gasteiger partial charge in [0.15, 0.2) is 0 Å². The zero-order valence-corrected chi connectivity index (χ0v) is 15.2. The molecule has 0 aromatic heterocycles. The van der Waals surface area contributed by atoms with E-state index >= 15 is 0 Å². The van der Waals surface area contributed by atoms with Crippen LogP contribution in [0.4, 0.5) is 0 Å². The Balaban J connectivity index is 1.71. The molecule has 0 saturated carbocycles. The van der Waals surface area contributed by atoms with E-state index in [2.05, 4.69) is 13.2 Å². The van der Waals surface area contributed by atoms with Crippen LogP contribution in [0.1, 0.15) is 0 Å². The molecule has 1 N–H and O–H groups in total. The third-order valence-electron chi connectivity index (χ3n) is 4.10. The standard InChI is InChI=1S/C24H20O4/c1-3-23(25)27-21-13-9-19(10-14-21)17-5-7-18(8-6-17)20-11-15-22(16-12-20)28-24(26)4-2/h3-16,23,25H,1-2H2. The highest BCUT2D eigenvalue weighted by Crippen LogP contribution is 2.27. The molecule has 1 unspecified atom stereocenters. The van der Waals surface area contributed by atoms with Gasteiger partial charge in [0.05, 0.1) is 0 Å². The number of rotatable bonds is 7. The molecule has 3 rings (SSSR count). The van der Waals surface area contributed by atoms with Gasteiger partial charge in [-0.2, -0.15) is 0 Å². The van der Waals surface area contributed by atoms with Crippen LogP contribution in [0.2, 0.25) is 0 Å². The highest BCUT2D eigenvalue weighted by Gasteiger charge is 2.04. The molecular weight excluding hydrogens is 352 g/mol. The minimum Gasteiger partial charge on any atom is -0.461 e. The number of carbonyl (C=O) groups is 1. The van der Waals surface area contributed by atoms with Crippen LogP contribution >= 0.6 is 0 Å². The van der Waals surface area contributed by atoms with Gasteiger partial charge in [-0.25, -0.2) is 4.79 Å². The predicted molar refractivity (Wildman–Crippen MR) is 110 cm³/mol. The monoisotopic (exact) mass is 372 g/mol. The maximum atomic E-state index is 11.2. The van der Waals surface area contributed by atoms with Crippen LogP contribution in [-0.2, 0) is 4.79 Å². The third kappa shape index (κ3) is 4.75. The number of ether oxygens (including phenoxy) is 2. The van der Waals surface area contributed by atoms with Crippen molar-refractivity contribution in [1.82, 2.24) is 0 Å². The summed E-state index contributed by atoms with van der Waals surface area (Å²) >= 11 is 0. The Morgan fingerprint density at radius 1 is 0.750 bits per heavy atom. The van der Waals surface area contributed by atoms with Crippen molar-refractivity contribution in [2.24, 2.45) is 0 Å². The number of hydrogen-bond acceptors (Lipinski definition) is 4. The minimum atomic E-state index is -1.02. The summed E-state index contributed by atoms with van der Waals surface area (Å²) in [6.45, 7) is 6.86. The summed E-state index contributed by atoms with van der Waals surface area (Å²) < 4.78 is 10.4. The van der Waals surface area contributed by atoms with Crippen LogP contribution in [0.5, 0.6) is 11.5 Å². The Morgan fingerprint density at radius 3 is 1.54 bits per heavy atom. The summed E-state index contributed by atoms with van der Waals surface area (Å²) in [4.78, 5) is 11.2. The minimum absolute atomic E-state index is 0.479. The van der Waals surface area contributed by atoms with Crippen LogP contribution in [0.3, 0.4) is 0 Å². The molecule has 0 saturated heterocycles. The first kappa shape index (κ1) is 19.1. The molecule has 28 heavy (non-hydrogen) atoms. The summed E-state index contributed by atoms with van der Waals surface area (Å²) in [5, 5.41) is 9.44. The van der Waals surface area contributed by atoms with E-state index in [0.717, 1.165) is 28.3 Å². The van der Waals surface area contributed by atoms with Crippen molar-refractivity contribution in [1.29, 1.82) is 0 Å². The molecule has 0 aliphatic carbocycles. The Hall–Kier alpha value is -3.63. The van der Waals surface area contributed by atoms with Crippen LogP contribution in [0.25, 0.3) is 22.3 Å². The second-order valence-corrected chi connectivity index (χ2v) is 6.00. The highest BCUT2D eigenvalue weighted by molar-refractivity contribution is 5.83. The van der Waals surface area contributed by atoms with E-state index in [1.807, 2.05) is 48.5 Å². The SMILES string of the molecule is C=CC(=O)Oc1ccc(-c2ccc(-c3ccc(OC(O)C=C)cc3)cc2)cc1. The summed E-state index contributed by atoms with van der Waals surface area (Å²) in [6.07, 6.45) is 1.44. The largest absolute Gasteiger partial charge is 0.461 e. The van der Waals surface area contributed by atoms with Gasteiger partial charge in [-0.1, -0.05) is 61.7 Å². The molecule has 1 atom stereocenters. The third-order valence-corrected chi connectivity index (χ3v) is 4.10. The quantitative estimate of drug-likeness (QED) is 0.209. The normalized spacial score (nSPS) is 11.3. The first-order valence-electron chi connectivity index (χ1n) is 8.71. The first-order valence-corrected chi connectivity index (χ1v) is 8.71. The number of hydrogen-bond donors (Lipinski definition) is 1. The second-order valence-electron chi connectivity index (χ2n) is 6.00. The summed E-state index contributed by atoms with van der Waals surface area (Å²) in [5.41, 5.74) is 4.18. The van der Waals surface area contributed by atoms with Crippen molar-refractivity contribution < 1.29 is 19.4 Å². The Morgan fingerprint density at radius 2 is 1.14 bits per heavy atom. The van der Waals surface area contributed by atoms with Gasteiger partial charge >= 0.3 is 5.97 Å². The number of aliphatic hydroxyl groups is 1. The van der Waals surface area contributed by atoms with Crippen molar-refractivity contribution in [3.63, 3.8) is 0 Å². The topological polar surface area (TPSA) is 55.8 Å². The number of esters is 1. The molecule has 0 spiro atoms. The molecule has 140 valence electrons. The molecule has 3 aromatic rings. The van der Waals surface area contributed by atoms with Crippen molar-refractivity contribution in [2.45, 2.75) is 6.29 Å². The maximum absolute atomic E-state index is 11.2. The molecule has 0 radical (unpaired) electrons. The van der Waals surface area contributed by atoms with Gasteiger partial charge in [0, 0.05) is 6.08 Å². The molecule has 4 nitrogen and oxygen atoms in total. The lowest BCUT2D eigenvalue weighted by Gasteiger charge is -2.10. The first-order chi connectivity index (χ1) is 13.6. The molecule has 0 aliphatic rings. The summed E-state index contributed by atoms with van der Waals surface area (Å²) in [7, 11) is 0. The van der Waals surface area contributed by atoms with E-state index in [9.17, 15) is 9.90 Å². The Bertz CT molecular complexity index is 955. The van der Waals surface area contributed by atoms with E-state index in [1.165, 1.54) is 6.08 Å². The van der Waals surface area contributed by atoms with E-state index in [1.54, 1.807) is 24.3 Å². The lowest BCUT2D eigenvalue weighted by Crippen LogP contribution is -2.10. The molecule has 0 fully saturated rings. The Labute approximate surface area is 164 Å². The van der Waals surface area contributed by atoms with Crippen molar-refractivity contribution in [2.75, 3.05) is 0 Å². The van der Waals surface area contributed by atoms with Gasteiger partial charge in [-0.05, 0) is 52.6 Å². The zero-order valence-electron chi connectivity index (χ0n) is 15.2. The smallest absolute Gasteiger partial charge is 0.335 e. The molecule has 0 aliphatic heterocycles. The Kier molecular flexibility index (Phi) is 6.04. The lowest BCUT2D eigenvalue weighted by atomic mass is 10.0. The average Bonchev–Trinajstić information content (AvgIpc) is 2.75. The number of aliphatic hydroxyl groups excluding tert-OH is 1. The second kappa shape index (κ2) is 8.84. The van der Waals surface area contributed by atoms with Gasteiger partial charge in [0.2, 0.25) is 6.29 Å². The van der Waals surface area contributed by atoms with E-state index in [0.29, 0.717) is 11.5 Å². The lowest BCUT2D eigenvalue weighted by molar-refractivity contribution is -0.128. The van der Waals surface area contributed by atoms with Gasteiger partial charge in [-0.15, -0.1) is 0 Å². The molecule has 0 heterocycles. The predicted octanol–water partition coefficient (Wildman–Crippen LogP) is 5.00. The average molecular weight is 372 g/mol. The fraction of sp³-hybridized carbons (Fsp3) is 0.0417. The van der Waals surface area contributed by atoms with E-state index in [4.69, 9.17) is 9.47 Å². The summed E-state index contributed by atoms with van der Waals surface area (Å²) in [6, 6.07) is 22.9. The van der Waals surface area contributed by atoms with Crippen molar-refractivity contribution >= 4 is 5.97 Å². The number of benzene rings is 3. The van der Waals surface area contributed by atoms with Gasteiger partial charge in [0.25, 0.3) is 0 Å². The molecule has 0 bridgehead atoms. The van der Waals surface area contributed by atoms with E-state index in [-0.39, 0.29) is 0 Å². The van der Waals surface area contributed by atoms with Crippen LogP contribution in [-0.4, -0.2) is 17.4 Å². The van der Waals surface area contributed by atoms with E-state index < -0.39 is 12.3 Å². The fourth-order valence-electron chi connectivity index (χ4n) is 2.64. The van der Waals surface area contributed by atoms with Crippen LogP contribution < -0.4 is 9.47 Å². The molecule has 3 aromatic carbocycles. The number of carbonyl (C=O) groups excluding carboxylic acids is 1. The fourth-order valence-corrected chi connectivity index (χ4v) is 2.64.